The zero-order chi connectivity index (χ0) is 13.9. The molecular weight excluding hydrogens is 256 g/mol. The lowest BCUT2D eigenvalue weighted by Crippen LogP contribution is -2.26. The Morgan fingerprint density at radius 1 is 1.40 bits per heavy atom. The first-order chi connectivity index (χ1) is 9.75. The fourth-order valence-electron chi connectivity index (χ4n) is 2.12. The molecule has 2 aromatic heterocycles. The number of hydrogen-bond acceptors (Lipinski definition) is 4. The Kier molecular flexibility index (Phi) is 3.20. The van der Waals surface area contributed by atoms with E-state index < -0.39 is 0 Å². The molecule has 0 aliphatic rings. The zero-order valence-electron chi connectivity index (χ0n) is 11.0. The molecule has 0 unspecified atom stereocenters. The van der Waals surface area contributed by atoms with E-state index in [4.69, 9.17) is 4.42 Å². The highest BCUT2D eigenvalue weighted by Gasteiger charge is 2.16. The number of fused-ring (bicyclic) bond motifs is 1. The van der Waals surface area contributed by atoms with Crippen LogP contribution < -0.4 is 5.32 Å². The largest absolute Gasteiger partial charge is 0.451 e. The maximum Gasteiger partial charge on any atom is 0.287 e. The van der Waals surface area contributed by atoms with Crippen LogP contribution in [0.15, 0.2) is 35.0 Å². The molecule has 2 N–H and O–H groups in total. The third-order valence-corrected chi connectivity index (χ3v) is 3.16. The van der Waals surface area contributed by atoms with Crippen molar-refractivity contribution in [3.8, 4) is 0 Å². The molecule has 0 bridgehead atoms. The lowest BCUT2D eigenvalue weighted by atomic mass is 10.1. The van der Waals surface area contributed by atoms with Crippen molar-refractivity contribution in [3.05, 3.63) is 47.7 Å². The molecule has 2 heterocycles. The number of carbonyl (C=O) groups excluding carboxylic acids is 1. The molecule has 0 aliphatic carbocycles. The van der Waals surface area contributed by atoms with Gasteiger partial charge in [0, 0.05) is 23.9 Å². The highest BCUT2D eigenvalue weighted by molar-refractivity contribution is 5.98. The summed E-state index contributed by atoms with van der Waals surface area (Å²) in [5.74, 6) is 0.897. The number of hydrogen-bond donors (Lipinski definition) is 2. The van der Waals surface area contributed by atoms with Gasteiger partial charge < -0.3 is 9.73 Å². The van der Waals surface area contributed by atoms with E-state index in [9.17, 15) is 4.79 Å². The van der Waals surface area contributed by atoms with Gasteiger partial charge in [0.15, 0.2) is 5.76 Å². The first-order valence-corrected chi connectivity index (χ1v) is 6.36. The van der Waals surface area contributed by atoms with Crippen molar-refractivity contribution >= 4 is 16.9 Å². The van der Waals surface area contributed by atoms with Gasteiger partial charge in [0.2, 0.25) is 0 Å². The fraction of sp³-hybridized carbons (Fsp3) is 0.214. The lowest BCUT2D eigenvalue weighted by Gasteiger charge is -2.01. The summed E-state index contributed by atoms with van der Waals surface area (Å²) in [4.78, 5) is 16.1. The van der Waals surface area contributed by atoms with Crippen LogP contribution in [-0.2, 0) is 6.42 Å². The highest BCUT2D eigenvalue weighted by atomic mass is 16.3. The van der Waals surface area contributed by atoms with Crippen LogP contribution in [0.1, 0.15) is 21.9 Å². The van der Waals surface area contributed by atoms with Gasteiger partial charge in [-0.1, -0.05) is 18.2 Å². The van der Waals surface area contributed by atoms with Crippen LogP contribution in [-0.4, -0.2) is 27.6 Å². The molecule has 0 saturated heterocycles. The van der Waals surface area contributed by atoms with Crippen molar-refractivity contribution in [3.63, 3.8) is 0 Å². The average molecular weight is 270 g/mol. The summed E-state index contributed by atoms with van der Waals surface area (Å²) in [6.45, 7) is 2.36. The summed E-state index contributed by atoms with van der Waals surface area (Å²) in [6, 6.07) is 7.61. The number of aromatic amines is 1. The zero-order valence-corrected chi connectivity index (χ0v) is 11.0. The first-order valence-electron chi connectivity index (χ1n) is 6.36. The number of H-pyrrole nitrogens is 1. The molecule has 3 rings (SSSR count). The summed E-state index contributed by atoms with van der Waals surface area (Å²) in [7, 11) is 0. The van der Waals surface area contributed by atoms with E-state index in [0.717, 1.165) is 22.4 Å². The summed E-state index contributed by atoms with van der Waals surface area (Å²) in [5, 5.41) is 10.3. The SMILES string of the molecule is Cc1c(C(=O)NCCc2ncn[nH]2)oc2ccccc12. The van der Waals surface area contributed by atoms with Gasteiger partial charge in [0.25, 0.3) is 5.91 Å². The molecule has 0 aliphatic heterocycles. The minimum atomic E-state index is -0.210. The van der Waals surface area contributed by atoms with Gasteiger partial charge in [-0.15, -0.1) is 0 Å². The molecule has 6 nitrogen and oxygen atoms in total. The maximum absolute atomic E-state index is 12.1. The number of nitrogens with zero attached hydrogens (tertiary/aromatic N) is 2. The van der Waals surface area contributed by atoms with Crippen LogP contribution >= 0.6 is 0 Å². The van der Waals surface area contributed by atoms with Gasteiger partial charge >= 0.3 is 0 Å². The van der Waals surface area contributed by atoms with E-state index in [-0.39, 0.29) is 5.91 Å². The monoisotopic (exact) mass is 270 g/mol. The van der Waals surface area contributed by atoms with E-state index in [1.54, 1.807) is 0 Å². The van der Waals surface area contributed by atoms with Crippen molar-refractivity contribution in [2.24, 2.45) is 0 Å². The Labute approximate surface area is 115 Å². The Bertz CT molecular complexity index is 731. The first kappa shape index (κ1) is 12.4. The van der Waals surface area contributed by atoms with Gasteiger partial charge in [-0.05, 0) is 13.0 Å². The molecule has 1 aromatic carbocycles. The molecule has 20 heavy (non-hydrogen) atoms. The van der Waals surface area contributed by atoms with Crippen LogP contribution in [0.4, 0.5) is 0 Å². The molecule has 3 aromatic rings. The van der Waals surface area contributed by atoms with E-state index in [2.05, 4.69) is 20.5 Å². The van der Waals surface area contributed by atoms with E-state index >= 15 is 0 Å². The number of para-hydroxylation sites is 1. The summed E-state index contributed by atoms with van der Waals surface area (Å²) in [5.41, 5.74) is 1.59. The quantitative estimate of drug-likeness (QED) is 0.757. The van der Waals surface area contributed by atoms with Crippen LogP contribution in [0.5, 0.6) is 0 Å². The van der Waals surface area contributed by atoms with E-state index in [1.165, 1.54) is 6.33 Å². The number of aromatic nitrogens is 3. The molecular formula is C14H14N4O2. The summed E-state index contributed by atoms with van der Waals surface area (Å²) >= 11 is 0. The summed E-state index contributed by atoms with van der Waals surface area (Å²) < 4.78 is 5.60. The minimum absolute atomic E-state index is 0.210. The van der Waals surface area contributed by atoms with Gasteiger partial charge in [-0.25, -0.2) is 4.98 Å². The van der Waals surface area contributed by atoms with Crippen molar-refractivity contribution in [1.29, 1.82) is 0 Å². The predicted octanol–water partition coefficient (Wildman–Crippen LogP) is 1.83. The van der Waals surface area contributed by atoms with Gasteiger partial charge in [0.1, 0.15) is 17.7 Å². The van der Waals surface area contributed by atoms with Gasteiger partial charge in [0.05, 0.1) is 0 Å². The van der Waals surface area contributed by atoms with Crippen LogP contribution in [0.25, 0.3) is 11.0 Å². The van der Waals surface area contributed by atoms with Gasteiger partial charge in [-0.2, -0.15) is 5.10 Å². The number of aryl methyl sites for hydroxylation is 1. The molecule has 0 atom stereocenters. The lowest BCUT2D eigenvalue weighted by molar-refractivity contribution is 0.0927. The minimum Gasteiger partial charge on any atom is -0.451 e. The normalized spacial score (nSPS) is 10.8. The van der Waals surface area contributed by atoms with Crippen LogP contribution in [0, 0.1) is 6.92 Å². The summed E-state index contributed by atoms with van der Waals surface area (Å²) in [6.07, 6.45) is 2.05. The Hall–Kier alpha value is -2.63. The smallest absolute Gasteiger partial charge is 0.287 e. The average Bonchev–Trinajstić information content (AvgIpc) is 3.08. The standard InChI is InChI=1S/C14H14N4O2/c1-9-10-4-2-3-5-11(10)20-13(9)14(19)15-7-6-12-16-8-17-18-12/h2-5,8H,6-7H2,1H3,(H,15,19)(H,16,17,18). The second-order valence-corrected chi connectivity index (χ2v) is 4.49. The van der Waals surface area contributed by atoms with Crippen LogP contribution in [0.3, 0.4) is 0 Å². The van der Waals surface area contributed by atoms with Crippen LogP contribution in [0.2, 0.25) is 0 Å². The number of carbonyl (C=O) groups is 1. The van der Waals surface area contributed by atoms with Crippen molar-refractivity contribution in [2.45, 2.75) is 13.3 Å². The second kappa shape index (κ2) is 5.16. The van der Waals surface area contributed by atoms with E-state index in [0.29, 0.717) is 18.7 Å². The molecule has 1 amide bonds. The Morgan fingerprint density at radius 3 is 3.00 bits per heavy atom. The number of rotatable bonds is 4. The maximum atomic E-state index is 12.1. The van der Waals surface area contributed by atoms with Crippen molar-refractivity contribution in [2.75, 3.05) is 6.54 Å². The molecule has 0 fully saturated rings. The molecule has 0 spiro atoms. The highest BCUT2D eigenvalue weighted by Crippen LogP contribution is 2.24. The molecule has 102 valence electrons. The number of benzene rings is 1. The fourth-order valence-corrected chi connectivity index (χ4v) is 2.12. The Balaban J connectivity index is 1.71. The van der Waals surface area contributed by atoms with Gasteiger partial charge in [-0.3, -0.25) is 9.89 Å². The van der Waals surface area contributed by atoms with Crippen molar-refractivity contribution < 1.29 is 9.21 Å². The molecule has 0 radical (unpaired) electrons. The number of amides is 1. The Morgan fingerprint density at radius 2 is 2.25 bits per heavy atom. The predicted molar refractivity (Wildman–Crippen MR) is 73.4 cm³/mol. The second-order valence-electron chi connectivity index (χ2n) is 4.49. The molecule has 6 heteroatoms. The number of nitrogens with one attached hydrogen (secondary N) is 2. The third kappa shape index (κ3) is 2.27. The third-order valence-electron chi connectivity index (χ3n) is 3.16. The molecule has 0 saturated carbocycles. The topological polar surface area (TPSA) is 83.8 Å². The number of furan rings is 1. The van der Waals surface area contributed by atoms with E-state index in [1.807, 2.05) is 31.2 Å². The van der Waals surface area contributed by atoms with Crippen molar-refractivity contribution in [1.82, 2.24) is 20.5 Å².